The van der Waals surface area contributed by atoms with Crippen LogP contribution in [0.3, 0.4) is 0 Å². The smallest absolute Gasteiger partial charge is 0.250 e. The molecule has 2 aromatic carbocycles. The number of anilines is 1. The van der Waals surface area contributed by atoms with E-state index in [0.29, 0.717) is 26.3 Å². The van der Waals surface area contributed by atoms with E-state index in [9.17, 15) is 9.59 Å². The maximum absolute atomic E-state index is 12.6. The number of ketones is 1. The topological polar surface area (TPSA) is 85.6 Å². The third-order valence-corrected chi connectivity index (χ3v) is 6.14. The molecule has 0 spiro atoms. The first-order valence-electron chi connectivity index (χ1n) is 9.63. The van der Waals surface area contributed by atoms with Crippen LogP contribution < -0.4 is 10.1 Å². The monoisotopic (exact) mass is 488 g/mol. The van der Waals surface area contributed by atoms with Crippen LogP contribution >= 0.6 is 34.5 Å². The first-order valence-corrected chi connectivity index (χ1v) is 11.3. The van der Waals surface area contributed by atoms with Crippen molar-refractivity contribution in [1.82, 2.24) is 14.6 Å². The molecule has 164 valence electrons. The number of rotatable bonds is 7. The number of nitrogens with zero attached hydrogens (tertiary/aromatic N) is 3. The van der Waals surface area contributed by atoms with Crippen LogP contribution in [-0.4, -0.2) is 33.4 Å². The van der Waals surface area contributed by atoms with Gasteiger partial charge in [0.2, 0.25) is 16.8 Å². The summed E-state index contributed by atoms with van der Waals surface area (Å²) in [7, 11) is 1.51. The Morgan fingerprint density at radius 3 is 2.72 bits per heavy atom. The minimum Gasteiger partial charge on any atom is -0.496 e. The normalized spacial score (nSPS) is 11.0. The number of aryl methyl sites for hydroxylation is 1. The highest BCUT2D eigenvalue weighted by Gasteiger charge is 2.17. The predicted molar refractivity (Wildman–Crippen MR) is 126 cm³/mol. The molecule has 10 heteroatoms. The fourth-order valence-electron chi connectivity index (χ4n) is 3.21. The number of amides is 1. The number of ether oxygens (including phenoxy) is 1. The fourth-order valence-corrected chi connectivity index (χ4v) is 4.53. The molecule has 4 rings (SSSR count). The zero-order valence-corrected chi connectivity index (χ0v) is 19.5. The first kappa shape index (κ1) is 22.3. The molecular weight excluding hydrogens is 471 g/mol. The molecule has 2 aromatic heterocycles. The van der Waals surface area contributed by atoms with Gasteiger partial charge in [-0.15, -0.1) is 16.4 Å². The van der Waals surface area contributed by atoms with E-state index in [0.717, 1.165) is 16.8 Å². The lowest BCUT2D eigenvalue weighted by Gasteiger charge is -2.08. The number of hydrogen-bond acceptors (Lipinski definition) is 6. The van der Waals surface area contributed by atoms with Gasteiger partial charge in [-0.05, 0) is 37.3 Å². The number of halogens is 2. The number of carbonyl (C=O) groups is 2. The van der Waals surface area contributed by atoms with Gasteiger partial charge in [0.15, 0.2) is 5.78 Å². The fraction of sp³-hybridized carbons (Fsp3) is 0.182. The maximum Gasteiger partial charge on any atom is 0.250 e. The molecule has 0 fully saturated rings. The van der Waals surface area contributed by atoms with Crippen molar-refractivity contribution >= 4 is 57.1 Å². The largest absolute Gasteiger partial charge is 0.496 e. The Morgan fingerprint density at radius 2 is 1.97 bits per heavy atom. The van der Waals surface area contributed by atoms with Crippen LogP contribution in [0.5, 0.6) is 5.75 Å². The summed E-state index contributed by atoms with van der Waals surface area (Å²) >= 11 is 13.7. The number of fused-ring (bicyclic) bond motifs is 1. The average Bonchev–Trinajstić information content (AvgIpc) is 3.32. The van der Waals surface area contributed by atoms with Crippen molar-refractivity contribution in [3.05, 3.63) is 63.0 Å². The van der Waals surface area contributed by atoms with E-state index < -0.39 is 0 Å². The Labute approximate surface area is 197 Å². The number of benzene rings is 2. The molecule has 0 unspecified atom stereocenters. The van der Waals surface area contributed by atoms with Crippen molar-refractivity contribution in [3.8, 4) is 17.0 Å². The molecule has 0 aliphatic rings. The van der Waals surface area contributed by atoms with E-state index in [2.05, 4.69) is 15.4 Å². The summed E-state index contributed by atoms with van der Waals surface area (Å²) in [5.41, 5.74) is 2.90. The molecule has 4 aromatic rings. The second-order valence-corrected chi connectivity index (χ2v) is 8.73. The Balaban J connectivity index is 1.45. The molecule has 0 radical (unpaired) electrons. The van der Waals surface area contributed by atoms with E-state index in [-0.39, 0.29) is 30.5 Å². The highest BCUT2D eigenvalue weighted by Crippen LogP contribution is 2.33. The van der Waals surface area contributed by atoms with E-state index >= 15 is 0 Å². The van der Waals surface area contributed by atoms with E-state index in [1.54, 1.807) is 34.8 Å². The molecule has 1 amide bonds. The third kappa shape index (κ3) is 4.62. The molecular formula is C22H18Cl2N4O3S. The summed E-state index contributed by atoms with van der Waals surface area (Å²) in [6.45, 7) is 1.89. The van der Waals surface area contributed by atoms with Crippen LogP contribution in [0.25, 0.3) is 16.2 Å². The number of carbonyl (C=O) groups excluding carboxylic acids is 2. The highest BCUT2D eigenvalue weighted by atomic mass is 35.5. The molecule has 0 aliphatic heterocycles. The standard InChI is InChI=1S/C22H18Cl2N4O3S/c1-12-3-7-19(31-2)15(9-12)18(29)6-8-20(30)25-21-26-22-28(27-21)17(11-32-22)14-5-4-13(23)10-16(14)24/h3-5,7,9-11H,6,8H2,1-2H3,(H,25,27,30). The average molecular weight is 489 g/mol. The molecule has 32 heavy (non-hydrogen) atoms. The van der Waals surface area contributed by atoms with Crippen LogP contribution in [0.15, 0.2) is 41.8 Å². The zero-order valence-electron chi connectivity index (χ0n) is 17.2. The van der Waals surface area contributed by atoms with Crippen molar-refractivity contribution in [1.29, 1.82) is 0 Å². The summed E-state index contributed by atoms with van der Waals surface area (Å²) in [6.07, 6.45) is 0.0398. The number of hydrogen-bond donors (Lipinski definition) is 1. The quantitative estimate of drug-likeness (QED) is 0.338. The van der Waals surface area contributed by atoms with Crippen LogP contribution in [0.2, 0.25) is 10.0 Å². The van der Waals surface area contributed by atoms with Crippen LogP contribution in [0.4, 0.5) is 5.95 Å². The summed E-state index contributed by atoms with van der Waals surface area (Å²) < 4.78 is 6.86. The second kappa shape index (κ2) is 9.28. The Kier molecular flexibility index (Phi) is 6.45. The number of aromatic nitrogens is 3. The number of thiazole rings is 1. The van der Waals surface area contributed by atoms with Gasteiger partial charge in [0.25, 0.3) is 0 Å². The van der Waals surface area contributed by atoms with E-state index in [1.807, 2.05) is 18.4 Å². The summed E-state index contributed by atoms with van der Waals surface area (Å²) in [5.74, 6) is 0.132. The van der Waals surface area contributed by atoms with Gasteiger partial charge >= 0.3 is 0 Å². The van der Waals surface area contributed by atoms with Gasteiger partial charge < -0.3 is 4.74 Å². The lowest BCUT2D eigenvalue weighted by atomic mass is 10.0. The van der Waals surface area contributed by atoms with Gasteiger partial charge in [0, 0.05) is 28.8 Å². The van der Waals surface area contributed by atoms with Gasteiger partial charge in [0.1, 0.15) is 5.75 Å². The third-order valence-electron chi connectivity index (χ3n) is 4.77. The zero-order chi connectivity index (χ0) is 22.8. The number of methoxy groups -OCH3 is 1. The molecule has 0 atom stereocenters. The Hall–Kier alpha value is -2.94. The number of nitrogens with one attached hydrogen (secondary N) is 1. The Morgan fingerprint density at radius 1 is 1.16 bits per heavy atom. The van der Waals surface area contributed by atoms with E-state index in [1.165, 1.54) is 18.4 Å². The van der Waals surface area contributed by atoms with Crippen molar-refractivity contribution in [2.24, 2.45) is 0 Å². The highest BCUT2D eigenvalue weighted by molar-refractivity contribution is 7.15. The molecule has 0 saturated heterocycles. The van der Waals surface area contributed by atoms with Crippen molar-refractivity contribution in [2.75, 3.05) is 12.4 Å². The molecule has 0 saturated carbocycles. The van der Waals surface area contributed by atoms with Gasteiger partial charge in [-0.3, -0.25) is 14.9 Å². The summed E-state index contributed by atoms with van der Waals surface area (Å²) in [6, 6.07) is 10.6. The Bertz CT molecular complexity index is 1330. The molecule has 0 bridgehead atoms. The van der Waals surface area contributed by atoms with Crippen LogP contribution in [0.1, 0.15) is 28.8 Å². The summed E-state index contributed by atoms with van der Waals surface area (Å²) in [5, 5.41) is 9.92. The van der Waals surface area contributed by atoms with E-state index in [4.69, 9.17) is 27.9 Å². The SMILES string of the molecule is COc1ccc(C)cc1C(=O)CCC(=O)Nc1nc2scc(-c3ccc(Cl)cc3Cl)n2n1. The van der Waals surface area contributed by atoms with Crippen molar-refractivity contribution < 1.29 is 14.3 Å². The second-order valence-electron chi connectivity index (χ2n) is 7.05. The molecule has 7 nitrogen and oxygen atoms in total. The number of Topliss-reactive ketones (excluding diaryl/α,β-unsaturated/α-hetero) is 1. The van der Waals surface area contributed by atoms with Crippen LogP contribution in [0, 0.1) is 6.92 Å². The maximum atomic E-state index is 12.6. The minimum atomic E-state index is -0.353. The summed E-state index contributed by atoms with van der Waals surface area (Å²) in [4.78, 5) is 29.9. The van der Waals surface area contributed by atoms with Gasteiger partial charge in [-0.2, -0.15) is 4.98 Å². The van der Waals surface area contributed by atoms with Gasteiger partial charge in [-0.25, -0.2) is 4.52 Å². The van der Waals surface area contributed by atoms with Crippen molar-refractivity contribution in [3.63, 3.8) is 0 Å². The minimum absolute atomic E-state index is 0.00133. The van der Waals surface area contributed by atoms with Crippen molar-refractivity contribution in [2.45, 2.75) is 19.8 Å². The lowest BCUT2D eigenvalue weighted by molar-refractivity contribution is -0.116. The molecule has 0 aliphatic carbocycles. The predicted octanol–water partition coefficient (Wildman–Crippen LogP) is 5.68. The first-order chi connectivity index (χ1) is 15.4. The molecule has 1 N–H and O–H groups in total. The van der Waals surface area contributed by atoms with Gasteiger partial charge in [-0.1, -0.05) is 34.8 Å². The van der Waals surface area contributed by atoms with Crippen LogP contribution in [-0.2, 0) is 4.79 Å². The van der Waals surface area contributed by atoms with Gasteiger partial charge in [0.05, 0.1) is 23.4 Å². The lowest BCUT2D eigenvalue weighted by Crippen LogP contribution is -2.15. The molecule has 2 heterocycles.